The number of urea groups is 1. The zero-order valence-electron chi connectivity index (χ0n) is 12.0. The Balaban J connectivity index is 4.03. The number of nitrogens with zero attached hydrogens (tertiary/aromatic N) is 1. The monoisotopic (exact) mass is 273 g/mol. The summed E-state index contributed by atoms with van der Waals surface area (Å²) in [6.45, 7) is 4.50. The average molecular weight is 273 g/mol. The van der Waals surface area contributed by atoms with Crippen LogP contribution in [-0.2, 0) is 14.3 Å². The summed E-state index contributed by atoms with van der Waals surface area (Å²) < 4.78 is 4.53. The summed E-state index contributed by atoms with van der Waals surface area (Å²) in [4.78, 5) is 35.6. The van der Waals surface area contributed by atoms with Crippen LogP contribution in [-0.4, -0.2) is 56.1 Å². The normalized spacial score (nSPS) is 11.8. The number of esters is 1. The van der Waals surface area contributed by atoms with Crippen molar-refractivity contribution < 1.29 is 19.1 Å². The minimum absolute atomic E-state index is 0.271. The van der Waals surface area contributed by atoms with Gasteiger partial charge in [0.2, 0.25) is 5.91 Å². The molecule has 1 unspecified atom stereocenters. The highest BCUT2D eigenvalue weighted by molar-refractivity contribution is 5.96. The fourth-order valence-corrected chi connectivity index (χ4v) is 1.39. The summed E-state index contributed by atoms with van der Waals surface area (Å²) in [5.41, 5.74) is 0. The number of nitrogens with one attached hydrogen (secondary N) is 2. The molecule has 0 aliphatic heterocycles. The Morgan fingerprint density at radius 1 is 1.32 bits per heavy atom. The quantitative estimate of drug-likeness (QED) is 0.643. The molecule has 110 valence electrons. The summed E-state index contributed by atoms with van der Waals surface area (Å²) in [6, 6.07) is -0.942. The highest BCUT2D eigenvalue weighted by Gasteiger charge is 2.19. The van der Waals surface area contributed by atoms with Gasteiger partial charge >= 0.3 is 12.0 Å². The van der Waals surface area contributed by atoms with Gasteiger partial charge in [-0.2, -0.15) is 0 Å². The fraction of sp³-hybridized carbons (Fsp3) is 0.750. The lowest BCUT2D eigenvalue weighted by Gasteiger charge is -2.23. The van der Waals surface area contributed by atoms with Crippen LogP contribution in [0.1, 0.15) is 26.7 Å². The number of ether oxygens (including phenoxy) is 1. The van der Waals surface area contributed by atoms with Crippen molar-refractivity contribution in [1.29, 1.82) is 0 Å². The topological polar surface area (TPSA) is 87.7 Å². The van der Waals surface area contributed by atoms with Crippen LogP contribution >= 0.6 is 0 Å². The molecule has 0 radical (unpaired) electrons. The van der Waals surface area contributed by atoms with Crippen molar-refractivity contribution in [3.8, 4) is 0 Å². The zero-order valence-corrected chi connectivity index (χ0v) is 12.0. The van der Waals surface area contributed by atoms with E-state index in [0.29, 0.717) is 25.9 Å². The number of carbonyl (C=O) groups excluding carboxylic acids is 3. The lowest BCUT2D eigenvalue weighted by atomic mass is 10.2. The molecule has 19 heavy (non-hydrogen) atoms. The molecular weight excluding hydrogens is 250 g/mol. The Morgan fingerprint density at radius 2 is 1.95 bits per heavy atom. The molecule has 0 spiro atoms. The summed E-state index contributed by atoms with van der Waals surface area (Å²) in [5, 5.41) is 4.73. The molecule has 0 aromatic rings. The van der Waals surface area contributed by atoms with Crippen LogP contribution in [0.3, 0.4) is 0 Å². The van der Waals surface area contributed by atoms with Gasteiger partial charge < -0.3 is 10.1 Å². The van der Waals surface area contributed by atoms with Crippen molar-refractivity contribution in [3.05, 3.63) is 0 Å². The van der Waals surface area contributed by atoms with Crippen molar-refractivity contribution >= 4 is 17.9 Å². The van der Waals surface area contributed by atoms with E-state index in [2.05, 4.69) is 15.4 Å². The van der Waals surface area contributed by atoms with Crippen LogP contribution in [0.5, 0.6) is 0 Å². The smallest absolute Gasteiger partial charge is 0.321 e. The molecule has 0 saturated heterocycles. The van der Waals surface area contributed by atoms with Gasteiger partial charge in [0.1, 0.15) is 0 Å². The first kappa shape index (κ1) is 17.4. The van der Waals surface area contributed by atoms with E-state index in [4.69, 9.17) is 0 Å². The number of imide groups is 1. The lowest BCUT2D eigenvalue weighted by Crippen LogP contribution is -2.48. The van der Waals surface area contributed by atoms with E-state index in [9.17, 15) is 14.4 Å². The van der Waals surface area contributed by atoms with E-state index in [-0.39, 0.29) is 11.9 Å². The van der Waals surface area contributed by atoms with Gasteiger partial charge in [-0.3, -0.25) is 19.8 Å². The van der Waals surface area contributed by atoms with E-state index in [1.165, 1.54) is 7.11 Å². The molecule has 0 bridgehead atoms. The summed E-state index contributed by atoms with van der Waals surface area (Å²) in [5.74, 6) is -0.639. The van der Waals surface area contributed by atoms with Crippen molar-refractivity contribution in [2.75, 3.05) is 27.2 Å². The van der Waals surface area contributed by atoms with Gasteiger partial charge in [-0.05, 0) is 33.9 Å². The van der Waals surface area contributed by atoms with Crippen LogP contribution in [0.15, 0.2) is 0 Å². The SMILES string of the molecule is CCNC(=O)NC(=O)C(C)N(C)CCCC(=O)OC. The van der Waals surface area contributed by atoms with E-state index >= 15 is 0 Å². The first-order chi connectivity index (χ1) is 8.92. The summed E-state index contributed by atoms with van der Waals surface area (Å²) in [7, 11) is 3.10. The van der Waals surface area contributed by atoms with Gasteiger partial charge in [-0.15, -0.1) is 0 Å². The second kappa shape index (κ2) is 9.32. The highest BCUT2D eigenvalue weighted by atomic mass is 16.5. The molecule has 7 nitrogen and oxygen atoms in total. The van der Waals surface area contributed by atoms with E-state index in [1.807, 2.05) is 0 Å². The maximum atomic E-state index is 11.7. The third kappa shape index (κ3) is 7.40. The van der Waals surface area contributed by atoms with Crippen LogP contribution in [0.2, 0.25) is 0 Å². The predicted molar refractivity (Wildman–Crippen MR) is 70.6 cm³/mol. The fourth-order valence-electron chi connectivity index (χ4n) is 1.39. The van der Waals surface area contributed by atoms with Crippen molar-refractivity contribution in [3.63, 3.8) is 0 Å². The zero-order chi connectivity index (χ0) is 14.8. The molecule has 0 aliphatic rings. The number of amides is 3. The Kier molecular flexibility index (Phi) is 8.52. The second-order valence-electron chi connectivity index (χ2n) is 4.18. The van der Waals surface area contributed by atoms with E-state index < -0.39 is 12.1 Å². The first-order valence-corrected chi connectivity index (χ1v) is 6.28. The Bertz CT molecular complexity index is 320. The molecule has 0 heterocycles. The van der Waals surface area contributed by atoms with E-state index in [0.717, 1.165) is 0 Å². The summed E-state index contributed by atoms with van der Waals surface area (Å²) in [6.07, 6.45) is 0.910. The van der Waals surface area contributed by atoms with Crippen LogP contribution in [0.25, 0.3) is 0 Å². The number of hydrogen-bond acceptors (Lipinski definition) is 5. The van der Waals surface area contributed by atoms with Crippen molar-refractivity contribution in [2.45, 2.75) is 32.7 Å². The van der Waals surface area contributed by atoms with Gasteiger partial charge in [-0.25, -0.2) is 4.79 Å². The molecular formula is C12H23N3O4. The second-order valence-corrected chi connectivity index (χ2v) is 4.18. The van der Waals surface area contributed by atoms with Crippen LogP contribution < -0.4 is 10.6 Å². The predicted octanol–water partition coefficient (Wildman–Crippen LogP) is 0.106. The Morgan fingerprint density at radius 3 is 2.47 bits per heavy atom. The molecule has 1 atom stereocenters. The number of carbonyl (C=O) groups is 3. The average Bonchev–Trinajstić information content (AvgIpc) is 2.37. The molecule has 0 aliphatic carbocycles. The Hall–Kier alpha value is -1.63. The van der Waals surface area contributed by atoms with Crippen LogP contribution in [0.4, 0.5) is 4.79 Å². The van der Waals surface area contributed by atoms with Crippen molar-refractivity contribution in [2.24, 2.45) is 0 Å². The van der Waals surface area contributed by atoms with Gasteiger partial charge in [0.15, 0.2) is 0 Å². The third-order valence-electron chi connectivity index (χ3n) is 2.73. The molecule has 2 N–H and O–H groups in total. The molecule has 0 aromatic carbocycles. The van der Waals surface area contributed by atoms with Crippen LogP contribution in [0, 0.1) is 0 Å². The number of methoxy groups -OCH3 is 1. The molecule has 3 amide bonds. The standard InChI is InChI=1S/C12H23N3O4/c1-5-13-12(18)14-11(17)9(2)15(3)8-6-7-10(16)19-4/h9H,5-8H2,1-4H3,(H2,13,14,17,18). The molecule has 0 fully saturated rings. The number of likely N-dealkylation sites (N-methyl/N-ethyl adjacent to an activating group) is 1. The minimum atomic E-state index is -0.498. The van der Waals surface area contributed by atoms with E-state index in [1.54, 1.807) is 25.8 Å². The van der Waals surface area contributed by atoms with Gasteiger partial charge in [0, 0.05) is 13.0 Å². The van der Waals surface area contributed by atoms with Gasteiger partial charge in [-0.1, -0.05) is 0 Å². The van der Waals surface area contributed by atoms with Crippen molar-refractivity contribution in [1.82, 2.24) is 15.5 Å². The minimum Gasteiger partial charge on any atom is -0.469 e. The lowest BCUT2D eigenvalue weighted by molar-refractivity contribution is -0.140. The molecule has 0 rings (SSSR count). The largest absolute Gasteiger partial charge is 0.469 e. The third-order valence-corrected chi connectivity index (χ3v) is 2.73. The maximum absolute atomic E-state index is 11.7. The Labute approximate surface area is 113 Å². The first-order valence-electron chi connectivity index (χ1n) is 6.28. The number of hydrogen-bond donors (Lipinski definition) is 2. The van der Waals surface area contributed by atoms with Gasteiger partial charge in [0.25, 0.3) is 0 Å². The summed E-state index contributed by atoms with van der Waals surface area (Å²) >= 11 is 0. The molecule has 0 aromatic heterocycles. The molecule has 0 saturated carbocycles. The maximum Gasteiger partial charge on any atom is 0.321 e. The van der Waals surface area contributed by atoms with Gasteiger partial charge in [0.05, 0.1) is 13.2 Å². The number of rotatable bonds is 7. The molecule has 7 heteroatoms. The highest BCUT2D eigenvalue weighted by Crippen LogP contribution is 2.00.